The molecule has 1 fully saturated rings. The minimum Gasteiger partial charge on any atom is -0.507 e. The lowest BCUT2D eigenvalue weighted by molar-refractivity contribution is 0.102. The summed E-state index contributed by atoms with van der Waals surface area (Å²) in [6.45, 7) is 8.95. The summed E-state index contributed by atoms with van der Waals surface area (Å²) < 4.78 is 1.41. The van der Waals surface area contributed by atoms with Crippen LogP contribution in [-0.2, 0) is 5.41 Å². The van der Waals surface area contributed by atoms with Crippen LogP contribution in [0.5, 0.6) is 5.75 Å². The van der Waals surface area contributed by atoms with Crippen molar-refractivity contribution in [1.29, 1.82) is 0 Å². The molecule has 0 unspecified atom stereocenters. The van der Waals surface area contributed by atoms with Gasteiger partial charge in [0.05, 0.1) is 11.4 Å². The fourth-order valence-electron chi connectivity index (χ4n) is 3.81. The van der Waals surface area contributed by atoms with Gasteiger partial charge in [-0.05, 0) is 66.6 Å². The number of carbonyl (C=O) groups is 2. The molecule has 4 rings (SSSR count). The summed E-state index contributed by atoms with van der Waals surface area (Å²) in [5, 5.41) is 20.8. The van der Waals surface area contributed by atoms with Crippen LogP contribution in [-0.4, -0.2) is 33.4 Å². The van der Waals surface area contributed by atoms with Crippen molar-refractivity contribution in [3.8, 4) is 17.0 Å². The zero-order valence-corrected chi connectivity index (χ0v) is 20.2. The molecule has 178 valence electrons. The second-order valence-electron chi connectivity index (χ2n) is 9.89. The maximum Gasteiger partial charge on any atom is 0.342 e. The molecule has 1 aliphatic rings. The molecule has 0 atom stereocenters. The Hall–Kier alpha value is -3.61. The van der Waals surface area contributed by atoms with Gasteiger partial charge in [-0.3, -0.25) is 4.79 Å². The van der Waals surface area contributed by atoms with Crippen molar-refractivity contribution in [3.05, 3.63) is 65.4 Å². The average Bonchev–Trinajstić information content (AvgIpc) is 3.56. The number of nitrogens with one attached hydrogen (secondary N) is 2. The van der Waals surface area contributed by atoms with E-state index in [9.17, 15) is 14.7 Å². The fraction of sp³-hybridized carbons (Fsp3) is 0.370. The Labute approximate surface area is 200 Å². The molecule has 7 heteroatoms. The van der Waals surface area contributed by atoms with Gasteiger partial charge in [-0.1, -0.05) is 39.8 Å². The number of phenols is 1. The molecule has 0 radical (unpaired) electrons. The van der Waals surface area contributed by atoms with Crippen LogP contribution in [0.3, 0.4) is 0 Å². The average molecular weight is 461 g/mol. The van der Waals surface area contributed by atoms with E-state index in [1.807, 2.05) is 37.3 Å². The van der Waals surface area contributed by atoms with Crippen molar-refractivity contribution < 1.29 is 14.7 Å². The van der Waals surface area contributed by atoms with Gasteiger partial charge in [0.1, 0.15) is 5.75 Å². The Morgan fingerprint density at radius 1 is 1.09 bits per heavy atom. The number of rotatable bonds is 6. The number of nitrogens with zero attached hydrogens (tertiary/aromatic N) is 2. The van der Waals surface area contributed by atoms with Crippen LogP contribution in [0.1, 0.15) is 74.5 Å². The molecular weight excluding hydrogens is 428 g/mol. The van der Waals surface area contributed by atoms with Crippen LogP contribution in [0, 0.1) is 0 Å². The summed E-state index contributed by atoms with van der Waals surface area (Å²) in [5.74, 6) is 0.100. The van der Waals surface area contributed by atoms with E-state index in [4.69, 9.17) is 0 Å². The molecular formula is C27H32N4O3. The van der Waals surface area contributed by atoms with E-state index >= 15 is 0 Å². The summed E-state index contributed by atoms with van der Waals surface area (Å²) in [6.07, 6.45) is 2.87. The number of amides is 2. The van der Waals surface area contributed by atoms with Gasteiger partial charge in [0.15, 0.2) is 0 Å². The lowest BCUT2D eigenvalue weighted by atomic mass is 9.87. The molecule has 0 bridgehead atoms. The molecule has 3 aromatic rings. The van der Waals surface area contributed by atoms with Gasteiger partial charge in [0.25, 0.3) is 5.91 Å². The maximum absolute atomic E-state index is 12.8. The Kier molecular flexibility index (Phi) is 6.46. The van der Waals surface area contributed by atoms with Gasteiger partial charge < -0.3 is 15.7 Å². The van der Waals surface area contributed by atoms with Crippen LogP contribution in [0.15, 0.2) is 48.5 Å². The van der Waals surface area contributed by atoms with E-state index in [1.165, 1.54) is 10.7 Å². The summed E-state index contributed by atoms with van der Waals surface area (Å²) in [5.41, 5.74) is 4.06. The molecule has 0 aliphatic heterocycles. The normalized spacial score (nSPS) is 13.5. The zero-order valence-electron chi connectivity index (χ0n) is 20.2. The van der Waals surface area contributed by atoms with Crippen LogP contribution < -0.4 is 10.6 Å². The highest BCUT2D eigenvalue weighted by atomic mass is 16.3. The highest BCUT2D eigenvalue weighted by Gasteiger charge is 2.30. The first-order valence-corrected chi connectivity index (χ1v) is 11.8. The number of phenolic OH excluding ortho intramolecular Hbond substituents is 1. The van der Waals surface area contributed by atoms with Crippen molar-refractivity contribution in [3.63, 3.8) is 0 Å². The minimum atomic E-state index is -0.266. The minimum absolute atomic E-state index is 0.0109. The summed E-state index contributed by atoms with van der Waals surface area (Å²) in [4.78, 5) is 25.4. The summed E-state index contributed by atoms with van der Waals surface area (Å²) in [6, 6.07) is 14.0. The third kappa shape index (κ3) is 5.14. The van der Waals surface area contributed by atoms with Gasteiger partial charge in [0.2, 0.25) is 0 Å². The third-order valence-corrected chi connectivity index (χ3v) is 5.99. The topological polar surface area (TPSA) is 96.3 Å². The van der Waals surface area contributed by atoms with E-state index in [0.717, 1.165) is 30.5 Å². The number of hydrogen-bond donors (Lipinski definition) is 3. The van der Waals surface area contributed by atoms with Crippen molar-refractivity contribution in [2.45, 2.75) is 58.3 Å². The highest BCUT2D eigenvalue weighted by Crippen LogP contribution is 2.42. The van der Waals surface area contributed by atoms with E-state index in [-0.39, 0.29) is 23.1 Å². The zero-order chi connectivity index (χ0) is 24.5. The van der Waals surface area contributed by atoms with Crippen molar-refractivity contribution >= 4 is 17.6 Å². The number of aromatic hydroxyl groups is 1. The SMILES string of the molecule is CCCNC(=O)n1nc(-c2cc(NC(=O)c3ccc(C(C)(C)C)cc3)ccc2O)cc1C1CC1. The van der Waals surface area contributed by atoms with E-state index in [1.54, 1.807) is 12.1 Å². The first-order valence-electron chi connectivity index (χ1n) is 11.8. The largest absolute Gasteiger partial charge is 0.507 e. The van der Waals surface area contributed by atoms with E-state index < -0.39 is 0 Å². The van der Waals surface area contributed by atoms with E-state index in [0.29, 0.717) is 35.0 Å². The molecule has 34 heavy (non-hydrogen) atoms. The first-order chi connectivity index (χ1) is 16.2. The molecule has 1 heterocycles. The lowest BCUT2D eigenvalue weighted by Crippen LogP contribution is -2.31. The second-order valence-corrected chi connectivity index (χ2v) is 9.89. The molecule has 1 aliphatic carbocycles. The molecule has 2 amide bonds. The number of anilines is 1. The lowest BCUT2D eigenvalue weighted by Gasteiger charge is -2.19. The van der Waals surface area contributed by atoms with Crippen molar-refractivity contribution in [2.75, 3.05) is 11.9 Å². The third-order valence-electron chi connectivity index (χ3n) is 5.99. The van der Waals surface area contributed by atoms with Crippen LogP contribution in [0.25, 0.3) is 11.3 Å². The number of aromatic nitrogens is 2. The Balaban J connectivity index is 1.58. The molecule has 1 saturated carbocycles. The Bertz CT molecular complexity index is 1200. The summed E-state index contributed by atoms with van der Waals surface area (Å²) >= 11 is 0. The van der Waals surface area contributed by atoms with Gasteiger partial charge in [-0.15, -0.1) is 0 Å². The predicted molar refractivity (Wildman–Crippen MR) is 133 cm³/mol. The number of hydrogen-bond acceptors (Lipinski definition) is 4. The summed E-state index contributed by atoms with van der Waals surface area (Å²) in [7, 11) is 0. The first kappa shape index (κ1) is 23.5. The van der Waals surface area contributed by atoms with Crippen molar-refractivity contribution in [1.82, 2.24) is 15.1 Å². The molecule has 3 N–H and O–H groups in total. The number of benzene rings is 2. The Morgan fingerprint density at radius 2 is 1.79 bits per heavy atom. The number of carbonyl (C=O) groups excluding carboxylic acids is 2. The monoisotopic (exact) mass is 460 g/mol. The van der Waals surface area contributed by atoms with Crippen molar-refractivity contribution in [2.24, 2.45) is 0 Å². The van der Waals surface area contributed by atoms with E-state index in [2.05, 4.69) is 36.5 Å². The van der Waals surface area contributed by atoms with Gasteiger partial charge >= 0.3 is 6.03 Å². The van der Waals surface area contributed by atoms with Crippen LogP contribution in [0.4, 0.5) is 10.5 Å². The Morgan fingerprint density at radius 3 is 2.41 bits per heavy atom. The molecule has 0 spiro atoms. The quantitative estimate of drug-likeness (QED) is 0.414. The van der Waals surface area contributed by atoms with Crippen LogP contribution >= 0.6 is 0 Å². The highest BCUT2D eigenvalue weighted by molar-refractivity contribution is 6.04. The predicted octanol–water partition coefficient (Wildman–Crippen LogP) is 5.65. The van der Waals surface area contributed by atoms with Gasteiger partial charge in [0, 0.05) is 29.3 Å². The second kappa shape index (κ2) is 9.33. The molecule has 7 nitrogen and oxygen atoms in total. The maximum atomic E-state index is 12.8. The molecule has 2 aromatic carbocycles. The van der Waals surface area contributed by atoms with Crippen LogP contribution in [0.2, 0.25) is 0 Å². The molecule has 0 saturated heterocycles. The standard InChI is InChI=1S/C27H32N4O3/c1-5-14-28-26(34)31-23(17-6-7-17)16-22(30-31)21-15-20(12-13-24(21)32)29-25(33)18-8-10-19(11-9-18)27(2,3)4/h8-13,15-17,32H,5-7,14H2,1-4H3,(H,28,34)(H,29,33). The van der Waals surface area contributed by atoms with Gasteiger partial charge in [-0.2, -0.15) is 9.78 Å². The molecule has 1 aromatic heterocycles. The fourth-order valence-corrected chi connectivity index (χ4v) is 3.81. The smallest absolute Gasteiger partial charge is 0.342 e. The van der Waals surface area contributed by atoms with Gasteiger partial charge in [-0.25, -0.2) is 4.79 Å².